The van der Waals surface area contributed by atoms with E-state index in [1.807, 2.05) is 26.1 Å². The molecule has 0 aromatic carbocycles. The third-order valence-electron chi connectivity index (χ3n) is 5.14. The Hall–Kier alpha value is -1.33. The molecule has 0 unspecified atom stereocenters. The molecule has 1 aromatic heterocycles. The van der Waals surface area contributed by atoms with E-state index in [1.165, 1.54) is 38.8 Å². The molecule has 5 nitrogen and oxygen atoms in total. The van der Waals surface area contributed by atoms with E-state index in [4.69, 9.17) is 4.42 Å². The largest absolute Gasteiger partial charge is 0.464 e. The van der Waals surface area contributed by atoms with Crippen molar-refractivity contribution in [3.8, 4) is 0 Å². The van der Waals surface area contributed by atoms with Crippen LogP contribution in [0.15, 0.2) is 16.5 Å². The van der Waals surface area contributed by atoms with Crippen LogP contribution in [0, 0.1) is 12.8 Å². The third-order valence-corrected chi connectivity index (χ3v) is 5.14. The van der Waals surface area contributed by atoms with Crippen molar-refractivity contribution in [1.82, 2.24) is 14.7 Å². The lowest BCUT2D eigenvalue weighted by Gasteiger charge is -2.34. The van der Waals surface area contributed by atoms with Gasteiger partial charge in [-0.05, 0) is 70.9 Å². The molecule has 0 atom stereocenters. The summed E-state index contributed by atoms with van der Waals surface area (Å²) in [5, 5.41) is 0. The zero-order valence-corrected chi connectivity index (χ0v) is 16.5. The zero-order valence-electron chi connectivity index (χ0n) is 16.5. The van der Waals surface area contributed by atoms with E-state index in [9.17, 15) is 4.79 Å². The average Bonchev–Trinajstić information content (AvgIpc) is 2.99. The summed E-state index contributed by atoms with van der Waals surface area (Å²) in [6.07, 6.45) is 4.94. The van der Waals surface area contributed by atoms with Gasteiger partial charge in [-0.2, -0.15) is 0 Å². The van der Waals surface area contributed by atoms with Crippen LogP contribution >= 0.6 is 0 Å². The number of furan rings is 1. The van der Waals surface area contributed by atoms with E-state index in [2.05, 4.69) is 23.8 Å². The number of hydrogen-bond donors (Lipinski definition) is 0. The molecule has 25 heavy (non-hydrogen) atoms. The maximum absolute atomic E-state index is 12.4. The highest BCUT2D eigenvalue weighted by Gasteiger charge is 2.23. The third kappa shape index (κ3) is 6.83. The van der Waals surface area contributed by atoms with E-state index < -0.39 is 0 Å². The minimum atomic E-state index is 0.174. The van der Waals surface area contributed by atoms with Crippen LogP contribution in [0.1, 0.15) is 44.1 Å². The molecule has 5 heteroatoms. The van der Waals surface area contributed by atoms with E-state index in [0.717, 1.165) is 30.5 Å². The number of hydrogen-bond acceptors (Lipinski definition) is 4. The first-order valence-corrected chi connectivity index (χ1v) is 9.68. The minimum Gasteiger partial charge on any atom is -0.464 e. The van der Waals surface area contributed by atoms with E-state index in [-0.39, 0.29) is 5.91 Å². The SMILES string of the molecule is CCCCN(C)CC1CCN(CC(=O)N(C)Cc2ccc(C)o2)CC1. The number of unbranched alkanes of at least 4 members (excludes halogenated alkanes) is 1. The van der Waals surface area contributed by atoms with E-state index in [1.54, 1.807) is 4.90 Å². The Balaban J connectivity index is 1.67. The number of amides is 1. The van der Waals surface area contributed by atoms with Gasteiger partial charge in [0.2, 0.25) is 5.91 Å². The molecule has 1 aliphatic rings. The Morgan fingerprint density at radius 1 is 1.28 bits per heavy atom. The standard InChI is InChI=1S/C20H35N3O2/c1-5-6-11-21(3)14-18-9-12-23(13-10-18)16-20(24)22(4)15-19-8-7-17(2)25-19/h7-8,18H,5-6,9-16H2,1-4H3. The van der Waals surface area contributed by atoms with Crippen molar-refractivity contribution in [2.45, 2.75) is 46.1 Å². The highest BCUT2D eigenvalue weighted by atomic mass is 16.3. The summed E-state index contributed by atoms with van der Waals surface area (Å²) in [5.41, 5.74) is 0. The smallest absolute Gasteiger partial charge is 0.236 e. The molecule has 1 aliphatic heterocycles. The molecular weight excluding hydrogens is 314 g/mol. The van der Waals surface area contributed by atoms with Crippen molar-refractivity contribution in [2.75, 3.05) is 46.8 Å². The topological polar surface area (TPSA) is 39.9 Å². The van der Waals surface area contributed by atoms with Crippen LogP contribution in [-0.4, -0.2) is 67.4 Å². The Labute approximate surface area is 152 Å². The Kier molecular flexibility index (Phi) is 7.97. The van der Waals surface area contributed by atoms with Crippen LogP contribution in [0.4, 0.5) is 0 Å². The summed E-state index contributed by atoms with van der Waals surface area (Å²) >= 11 is 0. The fourth-order valence-electron chi connectivity index (χ4n) is 3.49. The van der Waals surface area contributed by atoms with Crippen LogP contribution in [0.3, 0.4) is 0 Å². The van der Waals surface area contributed by atoms with Gasteiger partial charge in [-0.15, -0.1) is 0 Å². The molecule has 0 bridgehead atoms. The summed E-state index contributed by atoms with van der Waals surface area (Å²) in [5.74, 6) is 2.69. The van der Waals surface area contributed by atoms with Gasteiger partial charge < -0.3 is 14.2 Å². The molecule has 142 valence electrons. The molecule has 0 radical (unpaired) electrons. The van der Waals surface area contributed by atoms with Gasteiger partial charge in [0.15, 0.2) is 0 Å². The molecular formula is C20H35N3O2. The van der Waals surface area contributed by atoms with Crippen LogP contribution < -0.4 is 0 Å². The van der Waals surface area contributed by atoms with Crippen LogP contribution in [0.5, 0.6) is 0 Å². The van der Waals surface area contributed by atoms with Gasteiger partial charge in [-0.3, -0.25) is 9.69 Å². The molecule has 2 heterocycles. The Morgan fingerprint density at radius 2 is 2.00 bits per heavy atom. The minimum absolute atomic E-state index is 0.174. The molecule has 1 aromatic rings. The van der Waals surface area contributed by atoms with Gasteiger partial charge in [0.1, 0.15) is 11.5 Å². The second kappa shape index (κ2) is 9.97. The van der Waals surface area contributed by atoms with Gasteiger partial charge >= 0.3 is 0 Å². The predicted octanol–water partition coefficient (Wildman–Crippen LogP) is 2.99. The number of nitrogens with zero attached hydrogens (tertiary/aromatic N) is 3. The fourth-order valence-corrected chi connectivity index (χ4v) is 3.49. The molecule has 2 rings (SSSR count). The molecule has 1 fully saturated rings. The number of likely N-dealkylation sites (N-methyl/N-ethyl adjacent to an activating group) is 1. The number of rotatable bonds is 9. The first-order chi connectivity index (χ1) is 12.0. The summed E-state index contributed by atoms with van der Waals surface area (Å²) in [6.45, 7) is 9.70. The predicted molar refractivity (Wildman–Crippen MR) is 101 cm³/mol. The molecule has 0 spiro atoms. The summed E-state index contributed by atoms with van der Waals surface area (Å²) in [7, 11) is 4.09. The summed E-state index contributed by atoms with van der Waals surface area (Å²) < 4.78 is 5.56. The van der Waals surface area contributed by atoms with Gasteiger partial charge in [-0.1, -0.05) is 13.3 Å². The van der Waals surface area contributed by atoms with Crippen molar-refractivity contribution in [3.63, 3.8) is 0 Å². The van der Waals surface area contributed by atoms with Crippen molar-refractivity contribution < 1.29 is 9.21 Å². The first kappa shape index (κ1) is 20.0. The Bertz CT molecular complexity index is 521. The highest BCUT2D eigenvalue weighted by molar-refractivity contribution is 5.77. The second-order valence-electron chi connectivity index (χ2n) is 7.60. The number of likely N-dealkylation sites (tertiary alicyclic amines) is 1. The lowest BCUT2D eigenvalue weighted by molar-refractivity contribution is -0.132. The van der Waals surface area contributed by atoms with E-state index in [0.29, 0.717) is 13.1 Å². The molecule has 0 aliphatic carbocycles. The average molecular weight is 350 g/mol. The van der Waals surface area contributed by atoms with Crippen molar-refractivity contribution in [2.24, 2.45) is 5.92 Å². The van der Waals surface area contributed by atoms with Crippen molar-refractivity contribution >= 4 is 5.91 Å². The number of carbonyl (C=O) groups is 1. The highest BCUT2D eigenvalue weighted by Crippen LogP contribution is 2.18. The van der Waals surface area contributed by atoms with Crippen LogP contribution in [0.2, 0.25) is 0 Å². The Morgan fingerprint density at radius 3 is 2.60 bits per heavy atom. The van der Waals surface area contributed by atoms with Crippen molar-refractivity contribution in [3.05, 3.63) is 23.7 Å². The quantitative estimate of drug-likeness (QED) is 0.687. The lowest BCUT2D eigenvalue weighted by atomic mass is 9.96. The fraction of sp³-hybridized carbons (Fsp3) is 0.750. The van der Waals surface area contributed by atoms with Gasteiger partial charge in [0, 0.05) is 13.6 Å². The molecule has 1 amide bonds. The first-order valence-electron chi connectivity index (χ1n) is 9.68. The number of aryl methyl sites for hydroxylation is 1. The van der Waals surface area contributed by atoms with Crippen LogP contribution in [-0.2, 0) is 11.3 Å². The van der Waals surface area contributed by atoms with Gasteiger partial charge in [-0.25, -0.2) is 0 Å². The summed E-state index contributed by atoms with van der Waals surface area (Å²) in [4.78, 5) is 19.0. The molecule has 0 N–H and O–H groups in total. The zero-order chi connectivity index (χ0) is 18.2. The summed E-state index contributed by atoms with van der Waals surface area (Å²) in [6, 6.07) is 3.88. The van der Waals surface area contributed by atoms with Gasteiger partial charge in [0.25, 0.3) is 0 Å². The lowest BCUT2D eigenvalue weighted by Crippen LogP contribution is -2.43. The number of carbonyl (C=O) groups excluding carboxylic acids is 1. The molecule has 1 saturated heterocycles. The molecule has 0 saturated carbocycles. The van der Waals surface area contributed by atoms with E-state index >= 15 is 0 Å². The second-order valence-corrected chi connectivity index (χ2v) is 7.60. The van der Waals surface area contributed by atoms with Crippen molar-refractivity contribution in [1.29, 1.82) is 0 Å². The number of piperidine rings is 1. The monoisotopic (exact) mass is 349 g/mol. The maximum atomic E-state index is 12.4. The van der Waals surface area contributed by atoms with Gasteiger partial charge in [0.05, 0.1) is 13.1 Å². The normalized spacial score (nSPS) is 16.5. The maximum Gasteiger partial charge on any atom is 0.236 e. The van der Waals surface area contributed by atoms with Crippen LogP contribution in [0.25, 0.3) is 0 Å².